The Balaban J connectivity index is 3.55. The minimum Gasteiger partial charge on any atom is -0.314 e. The second kappa shape index (κ2) is 7.12. The SMILES string of the molecule is CC(CNC(C)C)CN(C)CC(F)F. The van der Waals surface area contributed by atoms with Crippen LogP contribution in [0.15, 0.2) is 0 Å². The molecule has 0 amide bonds. The first-order valence-corrected chi connectivity index (χ1v) is 5.12. The van der Waals surface area contributed by atoms with Crippen LogP contribution in [0.5, 0.6) is 0 Å². The van der Waals surface area contributed by atoms with Crippen molar-refractivity contribution in [1.82, 2.24) is 10.2 Å². The van der Waals surface area contributed by atoms with Gasteiger partial charge in [-0.2, -0.15) is 0 Å². The lowest BCUT2D eigenvalue weighted by molar-refractivity contribution is 0.0941. The molecule has 86 valence electrons. The number of alkyl halides is 2. The van der Waals surface area contributed by atoms with Gasteiger partial charge in [-0.05, 0) is 19.5 Å². The van der Waals surface area contributed by atoms with Crippen molar-refractivity contribution in [3.05, 3.63) is 0 Å². The van der Waals surface area contributed by atoms with Crippen molar-refractivity contribution in [1.29, 1.82) is 0 Å². The van der Waals surface area contributed by atoms with Gasteiger partial charge < -0.3 is 10.2 Å². The largest absolute Gasteiger partial charge is 0.314 e. The van der Waals surface area contributed by atoms with Crippen LogP contribution < -0.4 is 5.32 Å². The predicted octanol–water partition coefficient (Wildman–Crippen LogP) is 1.82. The molecule has 4 heteroatoms. The third-order valence-corrected chi connectivity index (χ3v) is 1.95. The van der Waals surface area contributed by atoms with E-state index in [0.717, 1.165) is 6.54 Å². The maximum absolute atomic E-state index is 12.0. The van der Waals surface area contributed by atoms with Crippen LogP contribution in [0, 0.1) is 5.92 Å². The second-order valence-electron chi connectivity index (χ2n) is 4.28. The van der Waals surface area contributed by atoms with Crippen LogP contribution in [-0.2, 0) is 0 Å². The summed E-state index contributed by atoms with van der Waals surface area (Å²) < 4.78 is 24.0. The van der Waals surface area contributed by atoms with E-state index in [-0.39, 0.29) is 6.54 Å². The predicted molar refractivity (Wildman–Crippen MR) is 55.8 cm³/mol. The minimum atomic E-state index is -2.23. The van der Waals surface area contributed by atoms with Crippen LogP contribution in [0.4, 0.5) is 8.78 Å². The van der Waals surface area contributed by atoms with Gasteiger partial charge in [0, 0.05) is 12.6 Å². The molecule has 0 radical (unpaired) electrons. The molecule has 1 atom stereocenters. The molecule has 1 unspecified atom stereocenters. The molecule has 0 aromatic carbocycles. The molecule has 0 rings (SSSR count). The number of nitrogens with one attached hydrogen (secondary N) is 1. The van der Waals surface area contributed by atoms with Crippen molar-refractivity contribution in [2.45, 2.75) is 33.2 Å². The first-order valence-electron chi connectivity index (χ1n) is 5.12. The van der Waals surface area contributed by atoms with E-state index in [2.05, 4.69) is 26.1 Å². The Morgan fingerprint density at radius 3 is 2.14 bits per heavy atom. The Morgan fingerprint density at radius 2 is 1.71 bits per heavy atom. The van der Waals surface area contributed by atoms with Gasteiger partial charge in [-0.25, -0.2) is 8.78 Å². The fourth-order valence-corrected chi connectivity index (χ4v) is 1.34. The molecule has 0 aliphatic rings. The average molecular weight is 208 g/mol. The standard InChI is InChI=1S/C10H22F2N2/c1-8(2)13-5-9(3)6-14(4)7-10(11)12/h8-10,13H,5-7H2,1-4H3. The van der Waals surface area contributed by atoms with E-state index >= 15 is 0 Å². The number of hydrogen-bond donors (Lipinski definition) is 1. The van der Waals surface area contributed by atoms with Gasteiger partial charge in [0.25, 0.3) is 6.43 Å². The van der Waals surface area contributed by atoms with Crippen LogP contribution in [0.2, 0.25) is 0 Å². The molecule has 2 nitrogen and oxygen atoms in total. The Morgan fingerprint density at radius 1 is 1.14 bits per heavy atom. The lowest BCUT2D eigenvalue weighted by Gasteiger charge is -2.21. The Labute approximate surface area is 85.7 Å². The van der Waals surface area contributed by atoms with Gasteiger partial charge in [0.05, 0.1) is 6.54 Å². The number of halogens is 2. The topological polar surface area (TPSA) is 15.3 Å². The number of nitrogens with zero attached hydrogens (tertiary/aromatic N) is 1. The minimum absolute atomic E-state index is 0.133. The van der Waals surface area contributed by atoms with Gasteiger partial charge in [0.2, 0.25) is 0 Å². The average Bonchev–Trinajstić information content (AvgIpc) is 1.98. The molecule has 0 bridgehead atoms. The fourth-order valence-electron chi connectivity index (χ4n) is 1.34. The highest BCUT2D eigenvalue weighted by Gasteiger charge is 2.11. The van der Waals surface area contributed by atoms with E-state index in [1.165, 1.54) is 0 Å². The lowest BCUT2D eigenvalue weighted by atomic mass is 10.1. The third-order valence-electron chi connectivity index (χ3n) is 1.95. The smallest absolute Gasteiger partial charge is 0.251 e. The van der Waals surface area contributed by atoms with Gasteiger partial charge >= 0.3 is 0 Å². The van der Waals surface area contributed by atoms with Crippen molar-refractivity contribution < 1.29 is 8.78 Å². The number of rotatable bonds is 7. The Kier molecular flexibility index (Phi) is 7.01. The molecule has 14 heavy (non-hydrogen) atoms. The first kappa shape index (κ1) is 13.8. The lowest BCUT2D eigenvalue weighted by Crippen LogP contribution is -2.35. The van der Waals surface area contributed by atoms with Crippen LogP contribution in [0.1, 0.15) is 20.8 Å². The Hall–Kier alpha value is -0.220. The molecule has 0 saturated carbocycles. The maximum Gasteiger partial charge on any atom is 0.251 e. The Bertz CT molecular complexity index is 140. The van der Waals surface area contributed by atoms with E-state index in [1.807, 2.05) is 0 Å². The summed E-state index contributed by atoms with van der Waals surface area (Å²) in [5.41, 5.74) is 0. The maximum atomic E-state index is 12.0. The van der Waals surface area contributed by atoms with Gasteiger partial charge in [-0.1, -0.05) is 20.8 Å². The van der Waals surface area contributed by atoms with Crippen LogP contribution >= 0.6 is 0 Å². The van der Waals surface area contributed by atoms with Crippen molar-refractivity contribution in [3.63, 3.8) is 0 Å². The molecule has 0 saturated heterocycles. The van der Waals surface area contributed by atoms with Gasteiger partial charge in [-0.3, -0.25) is 0 Å². The summed E-state index contributed by atoms with van der Waals surface area (Å²) in [4.78, 5) is 1.68. The quantitative estimate of drug-likeness (QED) is 0.686. The van der Waals surface area contributed by atoms with Crippen molar-refractivity contribution in [2.24, 2.45) is 5.92 Å². The highest BCUT2D eigenvalue weighted by Crippen LogP contribution is 2.01. The first-order chi connectivity index (χ1) is 6.41. The van der Waals surface area contributed by atoms with Crippen LogP contribution in [0.3, 0.4) is 0 Å². The summed E-state index contributed by atoms with van der Waals surface area (Å²) in [5.74, 6) is 0.404. The molecular weight excluding hydrogens is 186 g/mol. The van der Waals surface area contributed by atoms with E-state index in [0.29, 0.717) is 18.5 Å². The van der Waals surface area contributed by atoms with Gasteiger partial charge in [-0.15, -0.1) is 0 Å². The zero-order valence-electron chi connectivity index (χ0n) is 9.56. The van der Waals surface area contributed by atoms with E-state index in [1.54, 1.807) is 11.9 Å². The molecular formula is C10H22F2N2. The third kappa shape index (κ3) is 8.38. The van der Waals surface area contributed by atoms with E-state index in [4.69, 9.17) is 0 Å². The zero-order valence-corrected chi connectivity index (χ0v) is 9.56. The van der Waals surface area contributed by atoms with Gasteiger partial charge in [0.15, 0.2) is 0 Å². The molecule has 1 N–H and O–H groups in total. The highest BCUT2D eigenvalue weighted by atomic mass is 19.3. The summed E-state index contributed by atoms with van der Waals surface area (Å²) in [7, 11) is 1.73. The molecule has 0 aromatic heterocycles. The summed E-state index contributed by atoms with van der Waals surface area (Å²) >= 11 is 0. The fraction of sp³-hybridized carbons (Fsp3) is 1.00. The normalized spacial score (nSPS) is 14.4. The van der Waals surface area contributed by atoms with E-state index in [9.17, 15) is 8.78 Å². The van der Waals surface area contributed by atoms with Crippen molar-refractivity contribution in [3.8, 4) is 0 Å². The summed E-state index contributed by atoms with van der Waals surface area (Å²) in [5, 5.41) is 3.29. The summed E-state index contributed by atoms with van der Waals surface area (Å²) in [6.45, 7) is 7.68. The molecule has 0 aromatic rings. The summed E-state index contributed by atoms with van der Waals surface area (Å²) in [6.07, 6.45) is -2.23. The molecule has 0 aliphatic heterocycles. The van der Waals surface area contributed by atoms with E-state index < -0.39 is 6.43 Å². The van der Waals surface area contributed by atoms with Crippen LogP contribution in [0.25, 0.3) is 0 Å². The monoisotopic (exact) mass is 208 g/mol. The molecule has 0 spiro atoms. The van der Waals surface area contributed by atoms with Crippen molar-refractivity contribution in [2.75, 3.05) is 26.7 Å². The van der Waals surface area contributed by atoms with Crippen LogP contribution in [-0.4, -0.2) is 44.0 Å². The van der Waals surface area contributed by atoms with Crippen molar-refractivity contribution >= 4 is 0 Å². The van der Waals surface area contributed by atoms with Gasteiger partial charge in [0.1, 0.15) is 0 Å². The second-order valence-corrected chi connectivity index (χ2v) is 4.28. The molecule has 0 aliphatic carbocycles. The molecule has 0 fully saturated rings. The highest BCUT2D eigenvalue weighted by molar-refractivity contribution is 4.64. The summed E-state index contributed by atoms with van der Waals surface area (Å²) in [6, 6.07) is 0.456. The molecule has 0 heterocycles. The number of hydrogen-bond acceptors (Lipinski definition) is 2. The zero-order chi connectivity index (χ0) is 11.1.